The lowest BCUT2D eigenvalue weighted by atomic mass is 9.89. The third kappa shape index (κ3) is 6.26. The Kier molecular flexibility index (Phi) is 7.54. The molecule has 0 aliphatic rings. The van der Waals surface area contributed by atoms with Crippen molar-refractivity contribution < 1.29 is 19.4 Å². The van der Waals surface area contributed by atoms with Gasteiger partial charge in [-0.05, 0) is 19.8 Å². The third-order valence-corrected chi connectivity index (χ3v) is 2.93. The molecule has 0 atom stereocenters. The molecule has 0 aliphatic carbocycles. The molecule has 0 radical (unpaired) electrons. The van der Waals surface area contributed by atoms with E-state index in [4.69, 9.17) is 9.84 Å². The Morgan fingerprint density at radius 2 is 1.82 bits per heavy atom. The molecule has 0 saturated carbocycles. The van der Waals surface area contributed by atoms with E-state index in [9.17, 15) is 9.59 Å². The Morgan fingerprint density at radius 1 is 1.24 bits per heavy atom. The summed E-state index contributed by atoms with van der Waals surface area (Å²) in [5, 5.41) is 11.7. The molecule has 0 aromatic carbocycles. The summed E-state index contributed by atoms with van der Waals surface area (Å²) in [6, 6.07) is 0. The molecule has 2 N–H and O–H groups in total. The van der Waals surface area contributed by atoms with Crippen molar-refractivity contribution >= 4 is 11.9 Å². The number of carboxylic acids is 1. The van der Waals surface area contributed by atoms with Gasteiger partial charge in [0.25, 0.3) is 0 Å². The second kappa shape index (κ2) is 8.06. The van der Waals surface area contributed by atoms with Crippen molar-refractivity contribution in [3.8, 4) is 0 Å². The molecule has 0 aliphatic heterocycles. The van der Waals surface area contributed by atoms with Gasteiger partial charge < -0.3 is 15.2 Å². The van der Waals surface area contributed by atoms with Crippen LogP contribution in [0.2, 0.25) is 0 Å². The van der Waals surface area contributed by atoms with E-state index < -0.39 is 11.5 Å². The standard InChI is InChI=1S/C12H23NO4/c1-4-12(5-2,9-11(15)16)13-10(14)7-8-17-6-3/h4-9H2,1-3H3,(H,13,14)(H,15,16). The van der Waals surface area contributed by atoms with Crippen molar-refractivity contribution in [2.75, 3.05) is 13.2 Å². The van der Waals surface area contributed by atoms with Crippen LogP contribution in [-0.4, -0.2) is 35.7 Å². The summed E-state index contributed by atoms with van der Waals surface area (Å²) in [7, 11) is 0. The van der Waals surface area contributed by atoms with E-state index in [0.717, 1.165) is 0 Å². The fourth-order valence-corrected chi connectivity index (χ4v) is 1.68. The molecule has 0 heterocycles. The van der Waals surface area contributed by atoms with E-state index in [1.807, 2.05) is 20.8 Å². The molecule has 0 bridgehead atoms. The average Bonchev–Trinajstić information content (AvgIpc) is 2.27. The molecule has 17 heavy (non-hydrogen) atoms. The first kappa shape index (κ1) is 15.9. The van der Waals surface area contributed by atoms with Gasteiger partial charge in [0, 0.05) is 18.6 Å². The summed E-state index contributed by atoms with van der Waals surface area (Å²) in [5.74, 6) is -1.04. The molecule has 5 heteroatoms. The summed E-state index contributed by atoms with van der Waals surface area (Å²) in [6.45, 7) is 6.59. The zero-order chi connectivity index (χ0) is 13.3. The normalized spacial score (nSPS) is 11.2. The van der Waals surface area contributed by atoms with Crippen molar-refractivity contribution in [2.24, 2.45) is 0 Å². The van der Waals surface area contributed by atoms with Gasteiger partial charge in [-0.1, -0.05) is 13.8 Å². The number of carbonyl (C=O) groups excluding carboxylic acids is 1. The maximum atomic E-state index is 11.6. The highest BCUT2D eigenvalue weighted by molar-refractivity contribution is 5.78. The molecule has 1 amide bonds. The van der Waals surface area contributed by atoms with Crippen LogP contribution in [0, 0.1) is 0 Å². The number of amides is 1. The quantitative estimate of drug-likeness (QED) is 0.604. The van der Waals surface area contributed by atoms with Gasteiger partial charge in [-0.15, -0.1) is 0 Å². The highest BCUT2D eigenvalue weighted by Gasteiger charge is 2.30. The van der Waals surface area contributed by atoms with Gasteiger partial charge >= 0.3 is 5.97 Å². The maximum Gasteiger partial charge on any atom is 0.305 e. The van der Waals surface area contributed by atoms with Crippen LogP contribution in [0.25, 0.3) is 0 Å². The molecular weight excluding hydrogens is 222 g/mol. The van der Waals surface area contributed by atoms with E-state index in [-0.39, 0.29) is 18.7 Å². The summed E-state index contributed by atoms with van der Waals surface area (Å²) in [5.41, 5.74) is -0.630. The van der Waals surface area contributed by atoms with Crippen molar-refractivity contribution in [3.63, 3.8) is 0 Å². The lowest BCUT2D eigenvalue weighted by molar-refractivity contribution is -0.139. The number of rotatable bonds is 9. The van der Waals surface area contributed by atoms with Crippen LogP contribution in [0.15, 0.2) is 0 Å². The van der Waals surface area contributed by atoms with Gasteiger partial charge in [0.15, 0.2) is 0 Å². The number of ether oxygens (including phenoxy) is 1. The fourth-order valence-electron chi connectivity index (χ4n) is 1.68. The first-order chi connectivity index (χ1) is 7.99. The van der Waals surface area contributed by atoms with Gasteiger partial charge in [0.1, 0.15) is 0 Å². The monoisotopic (exact) mass is 245 g/mol. The van der Waals surface area contributed by atoms with E-state index in [2.05, 4.69) is 5.32 Å². The molecule has 0 aromatic heterocycles. The lowest BCUT2D eigenvalue weighted by Crippen LogP contribution is -2.49. The summed E-state index contributed by atoms with van der Waals surface area (Å²) >= 11 is 0. The first-order valence-electron chi connectivity index (χ1n) is 6.10. The zero-order valence-corrected chi connectivity index (χ0v) is 10.9. The topological polar surface area (TPSA) is 75.6 Å². The second-order valence-corrected chi connectivity index (χ2v) is 4.05. The summed E-state index contributed by atoms with van der Waals surface area (Å²) < 4.78 is 5.09. The Labute approximate surface area is 103 Å². The van der Waals surface area contributed by atoms with Crippen LogP contribution in [0.1, 0.15) is 46.5 Å². The van der Waals surface area contributed by atoms with E-state index >= 15 is 0 Å². The number of hydrogen-bond donors (Lipinski definition) is 2. The predicted octanol–water partition coefficient (Wildman–Crippen LogP) is 1.56. The van der Waals surface area contributed by atoms with Crippen molar-refractivity contribution in [1.29, 1.82) is 0 Å². The molecule has 100 valence electrons. The SMILES string of the molecule is CCOCCC(=O)NC(CC)(CC)CC(=O)O. The summed E-state index contributed by atoms with van der Waals surface area (Å²) in [6.07, 6.45) is 1.45. The van der Waals surface area contributed by atoms with Gasteiger partial charge in [0.05, 0.1) is 13.0 Å². The molecule has 0 unspecified atom stereocenters. The number of carbonyl (C=O) groups is 2. The molecule has 0 aromatic rings. The van der Waals surface area contributed by atoms with Gasteiger partial charge in [-0.25, -0.2) is 0 Å². The molecular formula is C12H23NO4. The van der Waals surface area contributed by atoms with Crippen molar-refractivity contribution in [1.82, 2.24) is 5.32 Å². The van der Waals surface area contributed by atoms with Crippen molar-refractivity contribution in [3.05, 3.63) is 0 Å². The summed E-state index contributed by atoms with van der Waals surface area (Å²) in [4.78, 5) is 22.4. The van der Waals surface area contributed by atoms with Crippen molar-refractivity contribution in [2.45, 2.75) is 52.0 Å². The van der Waals surface area contributed by atoms with Crippen LogP contribution in [0.4, 0.5) is 0 Å². The number of nitrogens with one attached hydrogen (secondary N) is 1. The van der Waals surface area contributed by atoms with Crippen LogP contribution in [-0.2, 0) is 14.3 Å². The Bertz CT molecular complexity index is 249. The molecule has 0 saturated heterocycles. The van der Waals surface area contributed by atoms with E-state index in [1.54, 1.807) is 0 Å². The Hall–Kier alpha value is -1.10. The van der Waals surface area contributed by atoms with Gasteiger partial charge in [-0.3, -0.25) is 9.59 Å². The fraction of sp³-hybridized carbons (Fsp3) is 0.833. The molecule has 0 rings (SSSR count). The highest BCUT2D eigenvalue weighted by atomic mass is 16.5. The number of aliphatic carboxylic acids is 1. The number of carboxylic acid groups (broad SMARTS) is 1. The Morgan fingerprint density at radius 3 is 2.24 bits per heavy atom. The third-order valence-electron chi connectivity index (χ3n) is 2.93. The lowest BCUT2D eigenvalue weighted by Gasteiger charge is -2.31. The predicted molar refractivity (Wildman–Crippen MR) is 64.8 cm³/mol. The van der Waals surface area contributed by atoms with E-state index in [0.29, 0.717) is 26.1 Å². The average molecular weight is 245 g/mol. The maximum absolute atomic E-state index is 11.6. The van der Waals surface area contributed by atoms with Crippen LogP contribution >= 0.6 is 0 Å². The van der Waals surface area contributed by atoms with Crippen LogP contribution in [0.3, 0.4) is 0 Å². The highest BCUT2D eigenvalue weighted by Crippen LogP contribution is 2.19. The minimum atomic E-state index is -0.890. The molecule has 5 nitrogen and oxygen atoms in total. The van der Waals surface area contributed by atoms with Crippen LogP contribution in [0.5, 0.6) is 0 Å². The minimum Gasteiger partial charge on any atom is -0.481 e. The van der Waals surface area contributed by atoms with Gasteiger partial charge in [-0.2, -0.15) is 0 Å². The number of hydrogen-bond acceptors (Lipinski definition) is 3. The second-order valence-electron chi connectivity index (χ2n) is 4.05. The van der Waals surface area contributed by atoms with Crippen LogP contribution < -0.4 is 5.32 Å². The zero-order valence-electron chi connectivity index (χ0n) is 10.9. The van der Waals surface area contributed by atoms with Gasteiger partial charge in [0.2, 0.25) is 5.91 Å². The first-order valence-corrected chi connectivity index (χ1v) is 6.10. The smallest absolute Gasteiger partial charge is 0.305 e. The van der Waals surface area contributed by atoms with E-state index in [1.165, 1.54) is 0 Å². The molecule has 0 spiro atoms. The largest absolute Gasteiger partial charge is 0.481 e. The molecule has 0 fully saturated rings. The Balaban J connectivity index is 4.32. The minimum absolute atomic E-state index is 0.0413.